The lowest BCUT2D eigenvalue weighted by atomic mass is 9.78. The highest BCUT2D eigenvalue weighted by atomic mass is 35.5. The highest BCUT2D eigenvalue weighted by molar-refractivity contribution is 6.34. The Kier molecular flexibility index (Phi) is 14.9. The van der Waals surface area contributed by atoms with Gasteiger partial charge in [-0.25, -0.2) is 4.79 Å². The van der Waals surface area contributed by atoms with Crippen LogP contribution in [0.25, 0.3) is 0 Å². The fourth-order valence-electron chi connectivity index (χ4n) is 8.98. The SMILES string of the molecule is COC1C=COC2(C)Oc3c(C)c(OC(=O)c4ccccc4Cl)c4c(c3C2=O)C(=O)C(N2CCCCC2)=C(NC(=O)C(C)=CC=CC(C)C(O)C(C)C(O)C(C)C(OC(C)=O)C1C)C4=O. The van der Waals surface area contributed by atoms with Crippen LogP contribution >= 0.6 is 11.6 Å². The van der Waals surface area contributed by atoms with Crippen LogP contribution in [0.5, 0.6) is 11.5 Å². The molecule has 348 valence electrons. The van der Waals surface area contributed by atoms with Gasteiger partial charge in [0.15, 0.2) is 0 Å². The number of rotatable bonds is 5. The zero-order valence-corrected chi connectivity index (χ0v) is 38.8. The van der Waals surface area contributed by atoms with E-state index in [1.807, 2.05) is 0 Å². The van der Waals surface area contributed by atoms with Crippen molar-refractivity contribution >= 4 is 46.8 Å². The number of carbonyl (C=O) groups excluding carboxylic acids is 6. The largest absolute Gasteiger partial charge is 0.462 e. The number of carbonyl (C=O) groups is 6. The number of methoxy groups -OCH3 is 1. The van der Waals surface area contributed by atoms with Crippen LogP contribution in [0.15, 0.2) is 71.8 Å². The van der Waals surface area contributed by atoms with Crippen molar-refractivity contribution in [2.45, 2.75) is 105 Å². The van der Waals surface area contributed by atoms with Crippen molar-refractivity contribution in [1.29, 1.82) is 0 Å². The molecule has 1 aliphatic carbocycles. The molecule has 9 atom stereocenters. The highest BCUT2D eigenvalue weighted by Gasteiger charge is 2.53. The van der Waals surface area contributed by atoms with E-state index >= 15 is 9.59 Å². The second-order valence-electron chi connectivity index (χ2n) is 17.4. The second kappa shape index (κ2) is 19.9. The summed E-state index contributed by atoms with van der Waals surface area (Å²) in [5.74, 6) is -10.1. The molecule has 5 bridgehead atoms. The molecular weight excluding hydrogens is 860 g/mol. The Balaban J connectivity index is 1.56. The summed E-state index contributed by atoms with van der Waals surface area (Å²) >= 11 is 6.39. The van der Waals surface area contributed by atoms with Crippen LogP contribution in [0.4, 0.5) is 0 Å². The fourth-order valence-corrected chi connectivity index (χ4v) is 9.20. The summed E-state index contributed by atoms with van der Waals surface area (Å²) in [6, 6.07) is 6.09. The first-order chi connectivity index (χ1) is 30.7. The molecule has 1 fully saturated rings. The number of Topliss-reactive ketones (excluding diaryl/α,β-unsaturated/α-hetero) is 3. The Bertz CT molecular complexity index is 2400. The lowest BCUT2D eigenvalue weighted by Crippen LogP contribution is -2.46. The molecule has 0 aromatic heterocycles. The van der Waals surface area contributed by atoms with Gasteiger partial charge in [-0.3, -0.25) is 24.0 Å². The summed E-state index contributed by atoms with van der Waals surface area (Å²) < 4.78 is 29.9. The maximum absolute atomic E-state index is 15.2. The van der Waals surface area contributed by atoms with Gasteiger partial charge in [-0.05, 0) is 51.3 Å². The van der Waals surface area contributed by atoms with E-state index in [0.29, 0.717) is 25.9 Å². The molecule has 65 heavy (non-hydrogen) atoms. The number of piperidine rings is 1. The lowest BCUT2D eigenvalue weighted by molar-refractivity contribution is -0.160. The zero-order chi connectivity index (χ0) is 47.7. The number of ketones is 3. The van der Waals surface area contributed by atoms with E-state index in [1.165, 1.54) is 65.4 Å². The molecule has 1 amide bonds. The summed E-state index contributed by atoms with van der Waals surface area (Å²) in [5, 5.41) is 25.8. The minimum atomic E-state index is -2.15. The van der Waals surface area contributed by atoms with E-state index in [1.54, 1.807) is 56.9 Å². The Morgan fingerprint density at radius 3 is 2.22 bits per heavy atom. The number of nitrogens with one attached hydrogen (secondary N) is 1. The molecule has 9 unspecified atom stereocenters. The fraction of sp³-hybridized carbons (Fsp3) is 0.469. The number of fused-ring (bicyclic) bond motifs is 14. The van der Waals surface area contributed by atoms with Gasteiger partial charge in [0, 0.05) is 68.9 Å². The number of esters is 2. The summed E-state index contributed by atoms with van der Waals surface area (Å²) in [6.45, 7) is 13.1. The quantitative estimate of drug-likeness (QED) is 0.213. The minimum Gasteiger partial charge on any atom is -0.462 e. The molecule has 2 aromatic carbocycles. The van der Waals surface area contributed by atoms with Crippen molar-refractivity contribution in [3.05, 3.63) is 105 Å². The number of nitrogens with zero attached hydrogens (tertiary/aromatic N) is 1. The predicted molar refractivity (Wildman–Crippen MR) is 238 cm³/mol. The van der Waals surface area contributed by atoms with Gasteiger partial charge < -0.3 is 44.1 Å². The normalized spacial score (nSPS) is 28.9. The van der Waals surface area contributed by atoms with Crippen molar-refractivity contribution < 1.29 is 62.7 Å². The Labute approximate surface area is 383 Å². The molecule has 15 nitrogen and oxygen atoms in total. The summed E-state index contributed by atoms with van der Waals surface area (Å²) in [7, 11) is 1.42. The first kappa shape index (κ1) is 48.8. The van der Waals surface area contributed by atoms with Crippen molar-refractivity contribution in [3.63, 3.8) is 0 Å². The van der Waals surface area contributed by atoms with E-state index in [0.717, 1.165) is 6.42 Å². The van der Waals surface area contributed by atoms with Gasteiger partial charge >= 0.3 is 17.7 Å². The third-order valence-corrected chi connectivity index (χ3v) is 13.2. The van der Waals surface area contributed by atoms with Crippen molar-refractivity contribution in [1.82, 2.24) is 10.2 Å². The average molecular weight is 917 g/mol. The van der Waals surface area contributed by atoms with Crippen LogP contribution in [0.3, 0.4) is 0 Å². The van der Waals surface area contributed by atoms with Crippen LogP contribution in [0.2, 0.25) is 5.02 Å². The number of aliphatic hydroxyl groups excluding tert-OH is 2. The van der Waals surface area contributed by atoms with Crippen molar-refractivity contribution in [3.8, 4) is 11.5 Å². The Morgan fingerprint density at radius 2 is 1.57 bits per heavy atom. The van der Waals surface area contributed by atoms with E-state index < -0.39 is 94.6 Å². The van der Waals surface area contributed by atoms with Gasteiger partial charge in [0.05, 0.1) is 51.9 Å². The molecule has 16 heteroatoms. The molecule has 7 rings (SSSR count). The maximum Gasteiger partial charge on any atom is 0.345 e. The van der Waals surface area contributed by atoms with Gasteiger partial charge in [0.25, 0.3) is 11.7 Å². The summed E-state index contributed by atoms with van der Waals surface area (Å²) in [4.78, 5) is 87.3. The number of ether oxygens (including phenoxy) is 5. The van der Waals surface area contributed by atoms with Gasteiger partial charge in [-0.1, -0.05) is 69.7 Å². The number of allylic oxidation sites excluding steroid dienone is 4. The molecule has 4 heterocycles. The first-order valence-corrected chi connectivity index (χ1v) is 22.2. The molecule has 0 radical (unpaired) electrons. The van der Waals surface area contributed by atoms with E-state index in [9.17, 15) is 29.4 Å². The molecule has 3 N–H and O–H groups in total. The van der Waals surface area contributed by atoms with Crippen LogP contribution in [0.1, 0.15) is 115 Å². The zero-order valence-electron chi connectivity index (χ0n) is 38.1. The van der Waals surface area contributed by atoms with Gasteiger partial charge in [-0.15, -0.1) is 0 Å². The Morgan fingerprint density at radius 1 is 0.892 bits per heavy atom. The molecule has 0 spiro atoms. The monoisotopic (exact) mass is 916 g/mol. The third kappa shape index (κ3) is 9.56. The molecule has 5 aliphatic rings. The third-order valence-electron chi connectivity index (χ3n) is 12.9. The maximum atomic E-state index is 15.2. The standard InChI is InChI=1S/C49H57ClN2O13/c1-24-16-15-17-25(2)47(59)51-37-38(52-21-13-10-14-22-52)42(57)34-35(41(37)56)44(64-48(60)31-18-11-12-19-32(31)50)29(6)45-36(34)46(58)49(8,65-45)62-23-20-33(61-9)26(3)43(63-30(7)53)28(5)40(55)27(4)39(24)54/h11-12,15-20,23-24,26-28,33,39-40,43,54-55H,10,13-14,21-22H2,1-9H3,(H,51,59). The van der Waals surface area contributed by atoms with Crippen molar-refractivity contribution in [2.24, 2.45) is 23.7 Å². The van der Waals surface area contributed by atoms with E-state index in [2.05, 4.69) is 5.32 Å². The number of halogens is 1. The number of aliphatic hydroxyl groups is 2. The van der Waals surface area contributed by atoms with Crippen molar-refractivity contribution in [2.75, 3.05) is 20.2 Å². The average Bonchev–Trinajstić information content (AvgIpc) is 3.54. The lowest BCUT2D eigenvalue weighted by Gasteiger charge is -2.38. The molecule has 2 aromatic rings. The Hall–Kier alpha value is -5.61. The minimum absolute atomic E-state index is 0.00878. The smallest absolute Gasteiger partial charge is 0.345 e. The molecule has 4 aliphatic heterocycles. The van der Waals surface area contributed by atoms with Crippen LogP contribution in [-0.4, -0.2) is 101 Å². The van der Waals surface area contributed by atoms with Crippen LogP contribution in [0, 0.1) is 30.6 Å². The van der Waals surface area contributed by atoms with Crippen LogP contribution < -0.4 is 14.8 Å². The topological polar surface area (TPSA) is 204 Å². The van der Waals surface area contributed by atoms with Crippen LogP contribution in [-0.2, 0) is 23.8 Å². The molecular formula is C49H57ClN2O13. The number of benzene rings is 2. The summed E-state index contributed by atoms with van der Waals surface area (Å²) in [5.41, 5.74) is -1.51. The second-order valence-corrected chi connectivity index (χ2v) is 17.8. The predicted octanol–water partition coefficient (Wildman–Crippen LogP) is 6.61. The number of hydrogen-bond donors (Lipinski definition) is 3. The number of hydrogen-bond acceptors (Lipinski definition) is 14. The van der Waals surface area contributed by atoms with Gasteiger partial charge in [-0.2, -0.15) is 0 Å². The van der Waals surface area contributed by atoms with E-state index in [-0.39, 0.29) is 55.7 Å². The first-order valence-electron chi connectivity index (χ1n) is 21.8. The molecule has 1 saturated heterocycles. The van der Waals surface area contributed by atoms with Gasteiger partial charge in [0.1, 0.15) is 29.0 Å². The number of amides is 1. The molecule has 0 saturated carbocycles. The number of likely N-dealkylation sites (tertiary alicyclic amines) is 1. The van der Waals surface area contributed by atoms with E-state index in [4.69, 9.17) is 35.3 Å². The highest BCUT2D eigenvalue weighted by Crippen LogP contribution is 2.50. The van der Waals surface area contributed by atoms with Gasteiger partial charge in [0.2, 0.25) is 11.6 Å². The summed E-state index contributed by atoms with van der Waals surface area (Å²) in [6.07, 6.45) is 5.55.